The molecule has 0 saturated carbocycles. The van der Waals surface area contributed by atoms with Crippen LogP contribution in [0.5, 0.6) is 0 Å². The van der Waals surface area contributed by atoms with E-state index in [4.69, 9.17) is 0 Å². The molecule has 2 aromatic rings. The van der Waals surface area contributed by atoms with Crippen LogP contribution < -0.4 is 5.32 Å². The molecule has 0 saturated heterocycles. The van der Waals surface area contributed by atoms with Gasteiger partial charge in [-0.25, -0.2) is 0 Å². The van der Waals surface area contributed by atoms with Crippen molar-refractivity contribution in [2.24, 2.45) is 0 Å². The summed E-state index contributed by atoms with van der Waals surface area (Å²) in [4.78, 5) is 26.9. The zero-order chi connectivity index (χ0) is 18.2. The van der Waals surface area contributed by atoms with Crippen LogP contribution in [0.1, 0.15) is 53.0 Å². The molecule has 0 radical (unpaired) electrons. The highest BCUT2D eigenvalue weighted by Gasteiger charge is 2.15. The smallest absolute Gasteiger partial charge is 0.255 e. The summed E-state index contributed by atoms with van der Waals surface area (Å²) in [7, 11) is 0. The summed E-state index contributed by atoms with van der Waals surface area (Å²) in [5.41, 5.74) is 2.94. The molecule has 132 valence electrons. The Bertz CT molecular complexity index is 717. The van der Waals surface area contributed by atoms with Crippen LogP contribution in [0.25, 0.3) is 0 Å². The second-order valence-electron chi connectivity index (χ2n) is 6.19. The number of hydrogen-bond donors (Lipinski definition) is 1. The van der Waals surface area contributed by atoms with Gasteiger partial charge in [0.15, 0.2) is 0 Å². The van der Waals surface area contributed by atoms with Gasteiger partial charge in [-0.2, -0.15) is 0 Å². The van der Waals surface area contributed by atoms with Crippen molar-refractivity contribution in [2.75, 3.05) is 18.4 Å². The van der Waals surface area contributed by atoms with Crippen molar-refractivity contribution in [3.05, 3.63) is 65.2 Å². The van der Waals surface area contributed by atoms with Crippen LogP contribution in [0.3, 0.4) is 0 Å². The van der Waals surface area contributed by atoms with Gasteiger partial charge in [-0.15, -0.1) is 0 Å². The largest absolute Gasteiger partial charge is 0.339 e. The van der Waals surface area contributed by atoms with Gasteiger partial charge in [0.05, 0.1) is 0 Å². The molecule has 0 bridgehead atoms. The number of benzene rings is 2. The van der Waals surface area contributed by atoms with Gasteiger partial charge < -0.3 is 10.2 Å². The van der Waals surface area contributed by atoms with Gasteiger partial charge in [-0.3, -0.25) is 9.59 Å². The second-order valence-corrected chi connectivity index (χ2v) is 6.19. The summed E-state index contributed by atoms with van der Waals surface area (Å²) in [5, 5.41) is 2.87. The maximum Gasteiger partial charge on any atom is 0.255 e. The highest BCUT2D eigenvalue weighted by Crippen LogP contribution is 2.15. The fourth-order valence-corrected chi connectivity index (χ4v) is 2.68. The Labute approximate surface area is 149 Å². The lowest BCUT2D eigenvalue weighted by Gasteiger charge is -2.21. The molecule has 0 atom stereocenters. The first-order valence-corrected chi connectivity index (χ1v) is 8.82. The molecule has 0 spiro atoms. The maximum atomic E-state index is 12.7. The first-order valence-electron chi connectivity index (χ1n) is 8.82. The molecular weight excluding hydrogens is 312 g/mol. The normalized spacial score (nSPS) is 10.4. The number of aryl methyl sites for hydroxylation is 1. The molecule has 0 unspecified atom stereocenters. The highest BCUT2D eigenvalue weighted by molar-refractivity contribution is 6.05. The van der Waals surface area contributed by atoms with Crippen LogP contribution in [0.4, 0.5) is 5.69 Å². The summed E-state index contributed by atoms with van der Waals surface area (Å²) in [6, 6.07) is 14.5. The molecule has 2 rings (SSSR count). The summed E-state index contributed by atoms with van der Waals surface area (Å²) in [6.07, 6.45) is 1.85. The Morgan fingerprint density at radius 3 is 2.16 bits per heavy atom. The van der Waals surface area contributed by atoms with Gasteiger partial charge in [-0.05, 0) is 50.1 Å². The van der Waals surface area contributed by atoms with Crippen molar-refractivity contribution >= 4 is 17.5 Å². The second kappa shape index (κ2) is 9.02. The van der Waals surface area contributed by atoms with Gasteiger partial charge in [0.2, 0.25) is 0 Å². The van der Waals surface area contributed by atoms with Gasteiger partial charge in [0, 0.05) is 29.9 Å². The Hall–Kier alpha value is -2.62. The average molecular weight is 338 g/mol. The Kier molecular flexibility index (Phi) is 6.75. The summed E-state index contributed by atoms with van der Waals surface area (Å²) < 4.78 is 0. The fraction of sp³-hybridized carbons (Fsp3) is 0.333. The van der Waals surface area contributed by atoms with Crippen LogP contribution >= 0.6 is 0 Å². The van der Waals surface area contributed by atoms with E-state index >= 15 is 0 Å². The zero-order valence-corrected chi connectivity index (χ0v) is 15.2. The summed E-state index contributed by atoms with van der Waals surface area (Å²) >= 11 is 0. The topological polar surface area (TPSA) is 49.4 Å². The third kappa shape index (κ3) is 5.18. The quantitative estimate of drug-likeness (QED) is 0.807. The van der Waals surface area contributed by atoms with Crippen molar-refractivity contribution in [1.82, 2.24) is 4.90 Å². The van der Waals surface area contributed by atoms with Gasteiger partial charge in [0.1, 0.15) is 0 Å². The number of rotatable bonds is 7. The highest BCUT2D eigenvalue weighted by atomic mass is 16.2. The molecule has 0 fully saturated rings. The molecule has 0 aliphatic rings. The minimum Gasteiger partial charge on any atom is -0.339 e. The number of anilines is 1. The van der Waals surface area contributed by atoms with Gasteiger partial charge in [-0.1, -0.05) is 37.6 Å². The van der Waals surface area contributed by atoms with Crippen molar-refractivity contribution < 1.29 is 9.59 Å². The van der Waals surface area contributed by atoms with E-state index < -0.39 is 0 Å². The summed E-state index contributed by atoms with van der Waals surface area (Å²) in [6.45, 7) is 7.59. The maximum absolute atomic E-state index is 12.7. The molecule has 2 aromatic carbocycles. The van der Waals surface area contributed by atoms with Crippen LogP contribution in [0.2, 0.25) is 0 Å². The molecule has 0 heterocycles. The number of carbonyl (C=O) groups is 2. The Morgan fingerprint density at radius 1 is 0.920 bits per heavy atom. The van der Waals surface area contributed by atoms with Crippen molar-refractivity contribution in [2.45, 2.75) is 33.6 Å². The fourth-order valence-electron chi connectivity index (χ4n) is 2.68. The Morgan fingerprint density at radius 2 is 1.56 bits per heavy atom. The van der Waals surface area contributed by atoms with Crippen LogP contribution in [-0.4, -0.2) is 29.8 Å². The minimum absolute atomic E-state index is 0.00938. The zero-order valence-electron chi connectivity index (χ0n) is 15.2. The summed E-state index contributed by atoms with van der Waals surface area (Å²) in [5.74, 6) is -0.168. The third-order valence-electron chi connectivity index (χ3n) is 3.96. The molecule has 1 N–H and O–H groups in total. The lowest BCUT2D eigenvalue weighted by Crippen LogP contribution is -2.32. The molecule has 0 aromatic heterocycles. The lowest BCUT2D eigenvalue weighted by atomic mass is 10.1. The predicted molar refractivity (Wildman–Crippen MR) is 102 cm³/mol. The Balaban J connectivity index is 2.13. The van der Waals surface area contributed by atoms with Crippen molar-refractivity contribution in [3.63, 3.8) is 0 Å². The van der Waals surface area contributed by atoms with E-state index in [0.29, 0.717) is 16.8 Å². The third-order valence-corrected chi connectivity index (χ3v) is 3.96. The molecule has 2 amide bonds. The van der Waals surface area contributed by atoms with E-state index in [1.165, 1.54) is 0 Å². The van der Waals surface area contributed by atoms with Crippen LogP contribution in [0, 0.1) is 6.92 Å². The lowest BCUT2D eigenvalue weighted by molar-refractivity contribution is 0.0755. The SMILES string of the molecule is CCCN(CCC)C(=O)c1cccc(NC(=O)c2ccc(C)cc2)c1. The molecule has 0 aliphatic carbocycles. The van der Waals surface area contributed by atoms with E-state index in [0.717, 1.165) is 31.5 Å². The van der Waals surface area contributed by atoms with Gasteiger partial charge in [0.25, 0.3) is 11.8 Å². The van der Waals surface area contributed by atoms with Crippen LogP contribution in [-0.2, 0) is 0 Å². The van der Waals surface area contributed by atoms with E-state index in [1.54, 1.807) is 36.4 Å². The van der Waals surface area contributed by atoms with E-state index in [2.05, 4.69) is 19.2 Å². The van der Waals surface area contributed by atoms with Crippen molar-refractivity contribution in [3.8, 4) is 0 Å². The number of nitrogens with one attached hydrogen (secondary N) is 1. The van der Waals surface area contributed by atoms with E-state index in [-0.39, 0.29) is 11.8 Å². The first kappa shape index (κ1) is 18.7. The number of amides is 2. The molecule has 4 heteroatoms. The van der Waals surface area contributed by atoms with Crippen LogP contribution in [0.15, 0.2) is 48.5 Å². The average Bonchev–Trinajstić information content (AvgIpc) is 2.61. The first-order chi connectivity index (χ1) is 12.0. The predicted octanol–water partition coefficient (Wildman–Crippen LogP) is 4.51. The van der Waals surface area contributed by atoms with Crippen molar-refractivity contribution in [1.29, 1.82) is 0 Å². The van der Waals surface area contributed by atoms with Gasteiger partial charge >= 0.3 is 0 Å². The molecule has 25 heavy (non-hydrogen) atoms. The van der Waals surface area contributed by atoms with E-state index in [1.807, 2.05) is 24.0 Å². The number of carbonyl (C=O) groups excluding carboxylic acids is 2. The number of nitrogens with zero attached hydrogens (tertiary/aromatic N) is 1. The monoisotopic (exact) mass is 338 g/mol. The van der Waals surface area contributed by atoms with E-state index in [9.17, 15) is 9.59 Å². The molecule has 0 aliphatic heterocycles. The molecular formula is C21H26N2O2. The standard InChI is InChI=1S/C21H26N2O2/c1-4-13-23(14-5-2)21(25)18-7-6-8-19(15-18)22-20(24)17-11-9-16(3)10-12-17/h6-12,15H,4-5,13-14H2,1-3H3,(H,22,24). The minimum atomic E-state index is -0.177. The number of hydrogen-bond acceptors (Lipinski definition) is 2. The molecule has 4 nitrogen and oxygen atoms in total.